The van der Waals surface area contributed by atoms with E-state index in [0.29, 0.717) is 11.3 Å². The summed E-state index contributed by atoms with van der Waals surface area (Å²) in [5, 5.41) is 12.1. The molecule has 7 heteroatoms. The van der Waals surface area contributed by atoms with Crippen LogP contribution in [0.25, 0.3) is 0 Å². The average molecular weight is 323 g/mol. The first-order valence-corrected chi connectivity index (χ1v) is 8.18. The fraction of sp³-hybridized carbons (Fsp3) is 0.133. The van der Waals surface area contributed by atoms with Crippen LogP contribution < -0.4 is 5.32 Å². The van der Waals surface area contributed by atoms with Gasteiger partial charge in [-0.3, -0.25) is 0 Å². The minimum atomic E-state index is -3.47. The SMILES string of the molecule is Cc1cc(F)ccc1Nc1cc(S(C)(=O)=O)ccc1C(=O)O. The number of aromatic carboxylic acids is 1. The summed E-state index contributed by atoms with van der Waals surface area (Å²) < 4.78 is 36.3. The standard InChI is InChI=1S/C15H14FNO4S/c1-9-7-10(16)3-6-13(9)17-14-8-11(22(2,20)21)4-5-12(14)15(18)19/h3-8,17H,1-2H3,(H,18,19). The normalized spacial score (nSPS) is 11.2. The summed E-state index contributed by atoms with van der Waals surface area (Å²) in [7, 11) is -3.47. The number of carboxylic acids is 1. The molecule has 2 N–H and O–H groups in total. The molecule has 2 rings (SSSR count). The maximum Gasteiger partial charge on any atom is 0.337 e. The molecule has 0 bridgehead atoms. The van der Waals surface area contributed by atoms with Crippen LogP contribution in [-0.2, 0) is 9.84 Å². The lowest BCUT2D eigenvalue weighted by molar-refractivity contribution is 0.0698. The topological polar surface area (TPSA) is 83.5 Å². The Morgan fingerprint density at radius 1 is 1.14 bits per heavy atom. The molecule has 0 spiro atoms. The van der Waals surface area contributed by atoms with E-state index in [2.05, 4.69) is 5.32 Å². The lowest BCUT2D eigenvalue weighted by Crippen LogP contribution is -2.06. The number of benzene rings is 2. The van der Waals surface area contributed by atoms with Gasteiger partial charge in [-0.15, -0.1) is 0 Å². The Balaban J connectivity index is 2.54. The van der Waals surface area contributed by atoms with Crippen LogP contribution in [0, 0.1) is 12.7 Å². The highest BCUT2D eigenvalue weighted by Crippen LogP contribution is 2.27. The Labute approximate surface area is 127 Å². The van der Waals surface area contributed by atoms with Gasteiger partial charge >= 0.3 is 5.97 Å². The van der Waals surface area contributed by atoms with Crippen molar-refractivity contribution >= 4 is 27.2 Å². The molecule has 0 aliphatic rings. The fourth-order valence-electron chi connectivity index (χ4n) is 1.96. The zero-order chi connectivity index (χ0) is 16.5. The quantitative estimate of drug-likeness (QED) is 0.904. The minimum Gasteiger partial charge on any atom is -0.478 e. The van der Waals surface area contributed by atoms with E-state index < -0.39 is 21.6 Å². The third kappa shape index (κ3) is 3.43. The van der Waals surface area contributed by atoms with E-state index in [-0.39, 0.29) is 16.1 Å². The maximum atomic E-state index is 13.1. The predicted octanol–water partition coefficient (Wildman–Crippen LogP) is 2.98. The summed E-state index contributed by atoms with van der Waals surface area (Å²) >= 11 is 0. The van der Waals surface area contributed by atoms with Crippen molar-refractivity contribution in [2.24, 2.45) is 0 Å². The molecule has 0 fully saturated rings. The molecule has 116 valence electrons. The number of anilines is 2. The van der Waals surface area contributed by atoms with Crippen LogP contribution in [0.5, 0.6) is 0 Å². The Bertz CT molecular complexity index is 847. The molecule has 5 nitrogen and oxygen atoms in total. The Kier molecular flexibility index (Phi) is 4.18. The van der Waals surface area contributed by atoms with Gasteiger partial charge in [0.15, 0.2) is 9.84 Å². The zero-order valence-electron chi connectivity index (χ0n) is 11.9. The van der Waals surface area contributed by atoms with E-state index in [9.17, 15) is 22.7 Å². The van der Waals surface area contributed by atoms with Crippen LogP contribution >= 0.6 is 0 Å². The molecule has 2 aromatic rings. The number of nitrogens with one attached hydrogen (secondary N) is 1. The lowest BCUT2D eigenvalue weighted by Gasteiger charge is -2.13. The van der Waals surface area contributed by atoms with Crippen LogP contribution in [0.15, 0.2) is 41.3 Å². The van der Waals surface area contributed by atoms with Gasteiger partial charge < -0.3 is 10.4 Å². The van der Waals surface area contributed by atoms with E-state index in [1.165, 1.54) is 36.4 Å². The Morgan fingerprint density at radius 3 is 2.36 bits per heavy atom. The molecular weight excluding hydrogens is 309 g/mol. The third-order valence-electron chi connectivity index (χ3n) is 3.11. The Morgan fingerprint density at radius 2 is 1.82 bits per heavy atom. The van der Waals surface area contributed by atoms with Gasteiger partial charge in [-0.1, -0.05) is 0 Å². The van der Waals surface area contributed by atoms with Gasteiger partial charge in [0, 0.05) is 11.9 Å². The fourth-order valence-corrected chi connectivity index (χ4v) is 2.60. The molecule has 0 saturated carbocycles. The molecule has 0 radical (unpaired) electrons. The highest BCUT2D eigenvalue weighted by atomic mass is 32.2. The zero-order valence-corrected chi connectivity index (χ0v) is 12.7. The van der Waals surface area contributed by atoms with E-state index >= 15 is 0 Å². The van der Waals surface area contributed by atoms with Gasteiger partial charge in [0.05, 0.1) is 16.1 Å². The van der Waals surface area contributed by atoms with Crippen LogP contribution in [0.2, 0.25) is 0 Å². The van der Waals surface area contributed by atoms with Crippen LogP contribution in [-0.4, -0.2) is 25.7 Å². The number of sulfone groups is 1. The van der Waals surface area contributed by atoms with Crippen molar-refractivity contribution in [3.8, 4) is 0 Å². The minimum absolute atomic E-state index is 0.000218. The molecule has 22 heavy (non-hydrogen) atoms. The predicted molar refractivity (Wildman–Crippen MR) is 80.9 cm³/mol. The molecule has 0 unspecified atom stereocenters. The number of carboxylic acid groups (broad SMARTS) is 1. The molecular formula is C15H14FNO4S. The summed E-state index contributed by atoms with van der Waals surface area (Å²) in [6.07, 6.45) is 1.04. The molecule has 0 aliphatic heterocycles. The second-order valence-corrected chi connectivity index (χ2v) is 6.88. The smallest absolute Gasteiger partial charge is 0.337 e. The second-order valence-electron chi connectivity index (χ2n) is 4.87. The highest BCUT2D eigenvalue weighted by molar-refractivity contribution is 7.90. The van der Waals surface area contributed by atoms with Crippen molar-refractivity contribution in [2.75, 3.05) is 11.6 Å². The van der Waals surface area contributed by atoms with Crippen molar-refractivity contribution in [1.29, 1.82) is 0 Å². The van der Waals surface area contributed by atoms with Crippen molar-refractivity contribution < 1.29 is 22.7 Å². The van der Waals surface area contributed by atoms with Gasteiger partial charge in [-0.05, 0) is 48.9 Å². The third-order valence-corrected chi connectivity index (χ3v) is 4.22. The van der Waals surface area contributed by atoms with Gasteiger partial charge in [0.25, 0.3) is 0 Å². The number of aryl methyl sites for hydroxylation is 1. The maximum absolute atomic E-state index is 13.1. The van der Waals surface area contributed by atoms with E-state index in [4.69, 9.17) is 0 Å². The number of hydrogen-bond donors (Lipinski definition) is 2. The Hall–Kier alpha value is -2.41. The molecule has 0 amide bonds. The summed E-state index contributed by atoms with van der Waals surface area (Å²) in [4.78, 5) is 11.3. The number of rotatable bonds is 4. The summed E-state index contributed by atoms with van der Waals surface area (Å²) in [6, 6.07) is 7.70. The average Bonchev–Trinajstić information content (AvgIpc) is 2.40. The number of carbonyl (C=O) groups is 1. The van der Waals surface area contributed by atoms with Crippen molar-refractivity contribution in [2.45, 2.75) is 11.8 Å². The molecule has 0 atom stereocenters. The van der Waals surface area contributed by atoms with Crippen LogP contribution in [0.4, 0.5) is 15.8 Å². The molecule has 0 aromatic heterocycles. The van der Waals surface area contributed by atoms with Crippen molar-refractivity contribution in [3.63, 3.8) is 0 Å². The highest BCUT2D eigenvalue weighted by Gasteiger charge is 2.16. The summed E-state index contributed by atoms with van der Waals surface area (Å²) in [6.45, 7) is 1.66. The first kappa shape index (κ1) is 16.0. The molecule has 0 aliphatic carbocycles. The largest absolute Gasteiger partial charge is 0.478 e. The van der Waals surface area contributed by atoms with Crippen LogP contribution in [0.3, 0.4) is 0 Å². The molecule has 0 heterocycles. The van der Waals surface area contributed by atoms with Crippen LogP contribution in [0.1, 0.15) is 15.9 Å². The lowest BCUT2D eigenvalue weighted by atomic mass is 10.1. The first-order valence-electron chi connectivity index (χ1n) is 6.29. The number of hydrogen-bond acceptors (Lipinski definition) is 4. The van der Waals surface area contributed by atoms with Gasteiger partial charge in [0.2, 0.25) is 0 Å². The first-order chi connectivity index (χ1) is 10.2. The second kappa shape index (κ2) is 5.76. The van der Waals surface area contributed by atoms with Gasteiger partial charge in [0.1, 0.15) is 5.82 Å². The van der Waals surface area contributed by atoms with E-state index in [0.717, 1.165) is 6.26 Å². The monoisotopic (exact) mass is 323 g/mol. The number of halogens is 1. The van der Waals surface area contributed by atoms with Gasteiger partial charge in [-0.2, -0.15) is 0 Å². The molecule has 2 aromatic carbocycles. The van der Waals surface area contributed by atoms with Gasteiger partial charge in [-0.25, -0.2) is 17.6 Å². The summed E-state index contributed by atoms with van der Waals surface area (Å²) in [5.74, 6) is -1.60. The molecule has 0 saturated heterocycles. The summed E-state index contributed by atoms with van der Waals surface area (Å²) in [5.41, 5.74) is 1.12. The van der Waals surface area contributed by atoms with Crippen molar-refractivity contribution in [3.05, 3.63) is 53.3 Å². The van der Waals surface area contributed by atoms with E-state index in [1.54, 1.807) is 6.92 Å². The van der Waals surface area contributed by atoms with E-state index in [1.807, 2.05) is 0 Å². The van der Waals surface area contributed by atoms with Crippen molar-refractivity contribution in [1.82, 2.24) is 0 Å².